The van der Waals surface area contributed by atoms with Crippen LogP contribution in [0.3, 0.4) is 0 Å². The van der Waals surface area contributed by atoms with Crippen molar-refractivity contribution in [2.45, 2.75) is 32.9 Å². The Kier molecular flexibility index (Phi) is 5.16. The first kappa shape index (κ1) is 20.1. The van der Waals surface area contributed by atoms with Crippen LogP contribution in [0.2, 0.25) is 0 Å². The van der Waals surface area contributed by atoms with E-state index in [1.807, 2.05) is 6.07 Å². The predicted molar refractivity (Wildman–Crippen MR) is 98.4 cm³/mol. The van der Waals surface area contributed by atoms with Gasteiger partial charge in [0.25, 0.3) is 0 Å². The Morgan fingerprint density at radius 2 is 2.10 bits per heavy atom. The van der Waals surface area contributed by atoms with Crippen molar-refractivity contribution in [3.8, 4) is 6.07 Å². The van der Waals surface area contributed by atoms with Crippen LogP contribution in [-0.4, -0.2) is 33.6 Å². The number of anilines is 1. The van der Waals surface area contributed by atoms with E-state index in [-0.39, 0.29) is 30.0 Å². The van der Waals surface area contributed by atoms with E-state index >= 15 is 0 Å². The molecule has 0 unspecified atom stereocenters. The van der Waals surface area contributed by atoms with Crippen molar-refractivity contribution in [1.82, 2.24) is 20.4 Å². The fraction of sp³-hybridized carbons (Fsp3) is 0.316. The number of aromatic nitrogens is 2. The molecule has 2 N–H and O–H groups in total. The highest BCUT2D eigenvalue weighted by atomic mass is 19.2. The van der Waals surface area contributed by atoms with Gasteiger partial charge in [-0.2, -0.15) is 10.4 Å². The van der Waals surface area contributed by atoms with Gasteiger partial charge in [-0.1, -0.05) is 0 Å². The summed E-state index contributed by atoms with van der Waals surface area (Å²) in [7, 11) is 0. The molecule has 0 atom stereocenters. The van der Waals surface area contributed by atoms with E-state index in [1.54, 1.807) is 26.8 Å². The minimum Gasteiger partial charge on any atom is -0.344 e. The number of amides is 3. The van der Waals surface area contributed by atoms with Gasteiger partial charge in [-0.15, -0.1) is 5.10 Å². The van der Waals surface area contributed by atoms with Crippen LogP contribution in [-0.2, 0) is 16.9 Å². The third-order valence-electron chi connectivity index (χ3n) is 4.55. The summed E-state index contributed by atoms with van der Waals surface area (Å²) in [5, 5.41) is 21.9. The van der Waals surface area contributed by atoms with Crippen LogP contribution < -0.4 is 10.6 Å². The molecule has 3 amide bonds. The first-order valence-corrected chi connectivity index (χ1v) is 8.71. The lowest BCUT2D eigenvalue weighted by molar-refractivity contribution is -0.123. The lowest BCUT2D eigenvalue weighted by Gasteiger charge is -2.31. The van der Waals surface area contributed by atoms with Crippen LogP contribution in [0.1, 0.15) is 36.4 Å². The molecule has 1 aromatic heterocycles. The quantitative estimate of drug-likeness (QED) is 0.818. The number of urea groups is 1. The average molecular weight is 400 g/mol. The number of nitrogens with zero attached hydrogens (tertiary/aromatic N) is 4. The van der Waals surface area contributed by atoms with E-state index in [0.717, 1.165) is 11.0 Å². The number of aryl methyl sites for hydroxylation is 1. The number of nitriles is 1. The van der Waals surface area contributed by atoms with Gasteiger partial charge in [0.1, 0.15) is 12.6 Å². The van der Waals surface area contributed by atoms with Gasteiger partial charge in [0.05, 0.1) is 23.5 Å². The lowest BCUT2D eigenvalue weighted by atomic mass is 9.96. The zero-order chi connectivity index (χ0) is 21.3. The van der Waals surface area contributed by atoms with Crippen molar-refractivity contribution in [1.29, 1.82) is 5.26 Å². The Hall–Kier alpha value is -3.61. The summed E-state index contributed by atoms with van der Waals surface area (Å²) in [6, 6.07) is 5.07. The number of hydrogen-bond donors (Lipinski definition) is 2. The number of fused-ring (bicyclic) bond motifs is 1. The molecule has 0 fully saturated rings. The second-order valence-corrected chi connectivity index (χ2v) is 7.22. The van der Waals surface area contributed by atoms with E-state index in [4.69, 9.17) is 5.26 Å². The Morgan fingerprint density at radius 3 is 2.76 bits per heavy atom. The van der Waals surface area contributed by atoms with Crippen molar-refractivity contribution in [3.05, 3.63) is 52.3 Å². The third kappa shape index (κ3) is 3.99. The first-order chi connectivity index (χ1) is 13.6. The molecule has 0 radical (unpaired) electrons. The highest BCUT2D eigenvalue weighted by molar-refractivity contribution is 5.95. The molecule has 2 aromatic rings. The molecule has 1 aliphatic rings. The average Bonchev–Trinajstić information content (AvgIpc) is 2.65. The van der Waals surface area contributed by atoms with E-state index < -0.39 is 29.1 Å². The normalized spacial score (nSPS) is 13.4. The van der Waals surface area contributed by atoms with Crippen molar-refractivity contribution >= 4 is 17.6 Å². The number of carbonyl (C=O) groups is 2. The summed E-state index contributed by atoms with van der Waals surface area (Å²) in [4.78, 5) is 25.8. The summed E-state index contributed by atoms with van der Waals surface area (Å²) in [5.41, 5.74) is 0.505. The Balaban J connectivity index is 1.74. The van der Waals surface area contributed by atoms with Gasteiger partial charge < -0.3 is 15.5 Å². The molecule has 0 bridgehead atoms. The molecule has 0 aliphatic carbocycles. The van der Waals surface area contributed by atoms with E-state index in [9.17, 15) is 18.4 Å². The molecular weight excluding hydrogens is 382 g/mol. The minimum atomic E-state index is -1.06. The molecular formula is C19H18F2N6O2. The first-order valence-electron chi connectivity index (χ1n) is 8.71. The molecule has 10 heteroatoms. The van der Waals surface area contributed by atoms with Gasteiger partial charge in [0.15, 0.2) is 17.3 Å². The monoisotopic (exact) mass is 400 g/mol. The lowest BCUT2D eigenvalue weighted by Crippen LogP contribution is -2.49. The van der Waals surface area contributed by atoms with Crippen LogP contribution in [0.15, 0.2) is 18.2 Å². The highest BCUT2D eigenvalue weighted by Crippen LogP contribution is 2.27. The second-order valence-electron chi connectivity index (χ2n) is 7.22. The largest absolute Gasteiger partial charge is 0.344 e. The van der Waals surface area contributed by atoms with Gasteiger partial charge in [-0.25, -0.2) is 13.6 Å². The number of benzene rings is 1. The van der Waals surface area contributed by atoms with Crippen molar-refractivity contribution in [2.24, 2.45) is 0 Å². The fourth-order valence-electron chi connectivity index (χ4n) is 3.23. The molecule has 150 valence electrons. The topological polar surface area (TPSA) is 111 Å². The molecule has 1 aliphatic heterocycles. The van der Waals surface area contributed by atoms with Crippen molar-refractivity contribution in [2.75, 3.05) is 11.9 Å². The van der Waals surface area contributed by atoms with Crippen LogP contribution in [0.5, 0.6) is 0 Å². The van der Waals surface area contributed by atoms with E-state index in [0.29, 0.717) is 11.3 Å². The zero-order valence-electron chi connectivity index (χ0n) is 16.0. The zero-order valence-corrected chi connectivity index (χ0v) is 16.0. The van der Waals surface area contributed by atoms with Gasteiger partial charge in [-0.05, 0) is 44.5 Å². The molecule has 1 aromatic carbocycles. The number of hydrogen-bond acceptors (Lipinski definition) is 5. The third-order valence-corrected chi connectivity index (χ3v) is 4.55. The molecule has 0 spiro atoms. The second kappa shape index (κ2) is 7.43. The Labute approximate surface area is 165 Å². The number of carbonyl (C=O) groups excluding carboxylic acids is 2. The SMILES string of the molecule is Cc1cc(C#N)nnc1C(C)(C)NC(=O)CN1Cc2c(ccc(F)c2F)NC1=O. The maximum Gasteiger partial charge on any atom is 0.322 e. The summed E-state index contributed by atoms with van der Waals surface area (Å²) >= 11 is 0. The van der Waals surface area contributed by atoms with E-state index in [2.05, 4.69) is 20.8 Å². The summed E-state index contributed by atoms with van der Waals surface area (Å²) < 4.78 is 27.5. The molecule has 0 saturated heterocycles. The van der Waals surface area contributed by atoms with Crippen molar-refractivity contribution in [3.63, 3.8) is 0 Å². The number of nitrogens with one attached hydrogen (secondary N) is 2. The van der Waals surface area contributed by atoms with Crippen LogP contribution >= 0.6 is 0 Å². The van der Waals surface area contributed by atoms with Crippen LogP contribution in [0, 0.1) is 29.9 Å². The molecule has 8 nitrogen and oxygen atoms in total. The summed E-state index contributed by atoms with van der Waals surface area (Å²) in [6.45, 7) is 4.54. The van der Waals surface area contributed by atoms with Gasteiger partial charge in [-0.3, -0.25) is 4.79 Å². The standard InChI is InChI=1S/C19H18F2N6O2/c1-10-6-11(7-22)25-26-17(10)19(2,3)24-15(28)9-27-8-12-14(23-18(27)29)5-4-13(20)16(12)21/h4-6H,8-9H2,1-3H3,(H,23,29)(H,24,28). The minimum absolute atomic E-state index is 0.0227. The Morgan fingerprint density at radius 1 is 1.38 bits per heavy atom. The maximum atomic E-state index is 14.0. The molecule has 3 rings (SSSR count). The maximum absolute atomic E-state index is 14.0. The fourth-order valence-corrected chi connectivity index (χ4v) is 3.23. The molecule has 29 heavy (non-hydrogen) atoms. The Bertz CT molecular complexity index is 1050. The van der Waals surface area contributed by atoms with Gasteiger partial charge in [0, 0.05) is 5.56 Å². The smallest absolute Gasteiger partial charge is 0.322 e. The van der Waals surface area contributed by atoms with Crippen LogP contribution in [0.4, 0.5) is 19.3 Å². The number of rotatable bonds is 4. The van der Waals surface area contributed by atoms with E-state index in [1.165, 1.54) is 6.07 Å². The van der Waals surface area contributed by atoms with Crippen LogP contribution in [0.25, 0.3) is 0 Å². The summed E-state index contributed by atoms with van der Waals surface area (Å²) in [5.74, 6) is -2.60. The van der Waals surface area contributed by atoms with Crippen molar-refractivity contribution < 1.29 is 18.4 Å². The summed E-state index contributed by atoms with van der Waals surface area (Å²) in [6.07, 6.45) is 0. The molecule has 0 saturated carbocycles. The van der Waals surface area contributed by atoms with Gasteiger partial charge in [0.2, 0.25) is 5.91 Å². The highest BCUT2D eigenvalue weighted by Gasteiger charge is 2.31. The number of halogens is 2. The predicted octanol–water partition coefficient (Wildman–Crippen LogP) is 2.33. The van der Waals surface area contributed by atoms with Gasteiger partial charge >= 0.3 is 6.03 Å². The molecule has 2 heterocycles.